The van der Waals surface area contributed by atoms with Gasteiger partial charge < -0.3 is 5.32 Å². The summed E-state index contributed by atoms with van der Waals surface area (Å²) in [6.07, 6.45) is 4.39. The number of carbonyl (C=O) groups is 1. The molecule has 0 aliphatic carbocycles. The smallest absolute Gasteiger partial charge is 0.252 e. The number of nitrogens with one attached hydrogen (secondary N) is 1. The summed E-state index contributed by atoms with van der Waals surface area (Å²) in [4.78, 5) is 16.0. The zero-order valence-corrected chi connectivity index (χ0v) is 10.1. The molecule has 0 atom stereocenters. The lowest BCUT2D eigenvalue weighted by atomic mass is 10.2. The molecule has 0 saturated carbocycles. The molecule has 0 unspecified atom stereocenters. The Balaban J connectivity index is 2.27. The van der Waals surface area contributed by atoms with Crippen LogP contribution < -0.4 is 5.32 Å². The molecule has 0 radical (unpaired) electrons. The molecule has 1 amide bonds. The van der Waals surface area contributed by atoms with Crippen LogP contribution in [-0.4, -0.2) is 27.2 Å². The van der Waals surface area contributed by atoms with Crippen LogP contribution in [0.25, 0.3) is 11.0 Å². The molecule has 2 heterocycles. The highest BCUT2D eigenvalue weighted by Crippen LogP contribution is 2.11. The Morgan fingerprint density at radius 2 is 2.24 bits per heavy atom. The summed E-state index contributed by atoms with van der Waals surface area (Å²) in [5.41, 5.74) is 2.14. The topological polar surface area (TPSA) is 59.8 Å². The van der Waals surface area contributed by atoms with Crippen molar-refractivity contribution >= 4 is 16.9 Å². The van der Waals surface area contributed by atoms with Crippen LogP contribution in [0.4, 0.5) is 0 Å². The van der Waals surface area contributed by atoms with E-state index in [-0.39, 0.29) is 5.91 Å². The van der Waals surface area contributed by atoms with E-state index in [2.05, 4.69) is 15.4 Å². The molecule has 5 nitrogen and oxygen atoms in total. The molecule has 0 bridgehead atoms. The number of carbonyl (C=O) groups excluding carboxylic acids is 1. The van der Waals surface area contributed by atoms with Crippen molar-refractivity contribution in [2.24, 2.45) is 0 Å². The minimum absolute atomic E-state index is 0.0905. The zero-order valence-electron chi connectivity index (χ0n) is 10.1. The fourth-order valence-electron chi connectivity index (χ4n) is 1.58. The lowest BCUT2D eigenvalue weighted by molar-refractivity contribution is 0.0953. The fraction of sp³-hybridized carbons (Fsp3) is 0.417. The lowest BCUT2D eigenvalue weighted by Gasteiger charge is -2.02. The van der Waals surface area contributed by atoms with E-state index in [1.807, 2.05) is 24.7 Å². The highest BCUT2D eigenvalue weighted by Gasteiger charge is 2.08. The molecule has 2 rings (SSSR count). The third-order valence-corrected chi connectivity index (χ3v) is 2.53. The lowest BCUT2D eigenvalue weighted by Crippen LogP contribution is -2.24. The fourth-order valence-corrected chi connectivity index (χ4v) is 1.58. The number of aromatic nitrogens is 3. The number of rotatable bonds is 4. The second-order valence-corrected chi connectivity index (χ2v) is 3.87. The van der Waals surface area contributed by atoms with Crippen molar-refractivity contribution in [1.82, 2.24) is 20.1 Å². The van der Waals surface area contributed by atoms with Crippen molar-refractivity contribution < 1.29 is 4.79 Å². The van der Waals surface area contributed by atoms with Gasteiger partial charge in [0, 0.05) is 19.3 Å². The average molecular weight is 232 g/mol. The quantitative estimate of drug-likeness (QED) is 0.870. The van der Waals surface area contributed by atoms with Crippen LogP contribution in [0.2, 0.25) is 0 Å². The molecule has 1 N–H and O–H groups in total. The number of hydrogen-bond acceptors (Lipinski definition) is 3. The zero-order chi connectivity index (χ0) is 12.3. The molecule has 0 saturated heterocycles. The minimum atomic E-state index is -0.0905. The Bertz CT molecular complexity index is 532. The van der Waals surface area contributed by atoms with Gasteiger partial charge in [-0.1, -0.05) is 6.92 Å². The summed E-state index contributed by atoms with van der Waals surface area (Å²) in [6.45, 7) is 5.51. The SMILES string of the molecule is CCCNC(=O)c1cnc2cn(CC)nc2c1. The van der Waals surface area contributed by atoms with Crippen molar-refractivity contribution in [3.63, 3.8) is 0 Å². The first-order valence-electron chi connectivity index (χ1n) is 5.86. The first-order valence-corrected chi connectivity index (χ1v) is 5.86. The van der Waals surface area contributed by atoms with E-state index in [4.69, 9.17) is 0 Å². The second kappa shape index (κ2) is 4.95. The molecule has 0 spiro atoms. The van der Waals surface area contributed by atoms with Crippen LogP contribution in [0.5, 0.6) is 0 Å². The number of fused-ring (bicyclic) bond motifs is 1. The van der Waals surface area contributed by atoms with Crippen molar-refractivity contribution in [2.45, 2.75) is 26.8 Å². The van der Waals surface area contributed by atoms with E-state index in [9.17, 15) is 4.79 Å². The van der Waals surface area contributed by atoms with Gasteiger partial charge in [-0.2, -0.15) is 5.10 Å². The molecule has 0 aliphatic rings. The molecule has 0 aliphatic heterocycles. The van der Waals surface area contributed by atoms with E-state index < -0.39 is 0 Å². The molecule has 2 aromatic heterocycles. The van der Waals surface area contributed by atoms with Gasteiger partial charge in [-0.25, -0.2) is 0 Å². The second-order valence-electron chi connectivity index (χ2n) is 3.87. The molecule has 17 heavy (non-hydrogen) atoms. The first kappa shape index (κ1) is 11.6. The Morgan fingerprint density at radius 3 is 2.94 bits per heavy atom. The minimum Gasteiger partial charge on any atom is -0.352 e. The molecule has 90 valence electrons. The van der Waals surface area contributed by atoms with Gasteiger partial charge in [-0.15, -0.1) is 0 Å². The standard InChI is InChI=1S/C12H16N4O/c1-3-5-13-12(17)9-6-10-11(14-7-9)8-16(4-2)15-10/h6-8H,3-5H2,1-2H3,(H,13,17). The van der Waals surface area contributed by atoms with Crippen molar-refractivity contribution in [1.29, 1.82) is 0 Å². The number of pyridine rings is 1. The monoisotopic (exact) mass is 232 g/mol. The summed E-state index contributed by atoms with van der Waals surface area (Å²) in [7, 11) is 0. The molecule has 0 aromatic carbocycles. The largest absolute Gasteiger partial charge is 0.352 e. The molecule has 0 fully saturated rings. The summed E-state index contributed by atoms with van der Waals surface area (Å²) >= 11 is 0. The van der Waals surface area contributed by atoms with Crippen molar-refractivity contribution in [2.75, 3.05) is 6.54 Å². The van der Waals surface area contributed by atoms with Gasteiger partial charge >= 0.3 is 0 Å². The summed E-state index contributed by atoms with van der Waals surface area (Å²) in [5, 5.41) is 7.15. The number of amides is 1. The van der Waals surface area contributed by atoms with E-state index in [0.717, 1.165) is 24.0 Å². The first-order chi connectivity index (χ1) is 8.24. The van der Waals surface area contributed by atoms with Gasteiger partial charge in [-0.05, 0) is 19.4 Å². The van der Waals surface area contributed by atoms with Gasteiger partial charge in [0.25, 0.3) is 5.91 Å². The maximum Gasteiger partial charge on any atom is 0.252 e. The van der Waals surface area contributed by atoms with Gasteiger partial charge in [0.1, 0.15) is 11.0 Å². The molecular formula is C12H16N4O. The Hall–Kier alpha value is -1.91. The average Bonchev–Trinajstić information content (AvgIpc) is 2.77. The van der Waals surface area contributed by atoms with Crippen LogP contribution in [0.3, 0.4) is 0 Å². The third kappa shape index (κ3) is 2.43. The predicted octanol–water partition coefficient (Wildman–Crippen LogP) is 1.59. The van der Waals surface area contributed by atoms with Gasteiger partial charge in [0.2, 0.25) is 0 Å². The van der Waals surface area contributed by atoms with Crippen LogP contribution >= 0.6 is 0 Å². The van der Waals surface area contributed by atoms with Gasteiger partial charge in [0.15, 0.2) is 0 Å². The number of nitrogens with zero attached hydrogens (tertiary/aromatic N) is 3. The maximum absolute atomic E-state index is 11.7. The van der Waals surface area contributed by atoms with Crippen LogP contribution in [0.15, 0.2) is 18.5 Å². The Kier molecular flexibility index (Phi) is 3.37. The summed E-state index contributed by atoms with van der Waals surface area (Å²) in [5.74, 6) is -0.0905. The van der Waals surface area contributed by atoms with Crippen LogP contribution in [0.1, 0.15) is 30.6 Å². The van der Waals surface area contributed by atoms with Crippen LogP contribution in [0, 0.1) is 0 Å². The number of aryl methyl sites for hydroxylation is 1. The van der Waals surface area contributed by atoms with Crippen LogP contribution in [-0.2, 0) is 6.54 Å². The molecule has 5 heteroatoms. The normalized spacial score (nSPS) is 10.7. The van der Waals surface area contributed by atoms with E-state index in [1.54, 1.807) is 12.3 Å². The van der Waals surface area contributed by atoms with Gasteiger partial charge in [-0.3, -0.25) is 14.5 Å². The van der Waals surface area contributed by atoms with E-state index in [0.29, 0.717) is 12.1 Å². The van der Waals surface area contributed by atoms with Gasteiger partial charge in [0.05, 0.1) is 11.8 Å². The highest BCUT2D eigenvalue weighted by molar-refractivity contribution is 5.96. The van der Waals surface area contributed by atoms with E-state index >= 15 is 0 Å². The summed E-state index contributed by atoms with van der Waals surface area (Å²) < 4.78 is 1.81. The van der Waals surface area contributed by atoms with Crippen molar-refractivity contribution in [3.8, 4) is 0 Å². The highest BCUT2D eigenvalue weighted by atomic mass is 16.1. The third-order valence-electron chi connectivity index (χ3n) is 2.53. The van der Waals surface area contributed by atoms with Crippen molar-refractivity contribution in [3.05, 3.63) is 24.0 Å². The molecular weight excluding hydrogens is 216 g/mol. The summed E-state index contributed by atoms with van der Waals surface area (Å²) in [6, 6.07) is 1.78. The maximum atomic E-state index is 11.7. The Morgan fingerprint density at radius 1 is 1.41 bits per heavy atom. The van der Waals surface area contributed by atoms with E-state index in [1.165, 1.54) is 0 Å². The number of hydrogen-bond donors (Lipinski definition) is 1. The molecule has 2 aromatic rings. The Labute approximate surface area is 99.8 Å². The predicted molar refractivity (Wildman–Crippen MR) is 65.8 cm³/mol.